The van der Waals surface area contributed by atoms with Crippen molar-refractivity contribution in [2.45, 2.75) is 32.6 Å². The predicted molar refractivity (Wildman–Crippen MR) is 73.3 cm³/mol. The molecule has 7 heteroatoms. The van der Waals surface area contributed by atoms with Gasteiger partial charge in [-0.05, 0) is 26.2 Å². The molecule has 2 N–H and O–H groups in total. The van der Waals surface area contributed by atoms with Gasteiger partial charge in [-0.3, -0.25) is 9.59 Å². The summed E-state index contributed by atoms with van der Waals surface area (Å²) < 4.78 is 0. The number of likely N-dealkylation sites (tertiary alicyclic amines) is 1. The second-order valence-corrected chi connectivity index (χ2v) is 4.83. The maximum atomic E-state index is 11.9. The molecule has 0 atom stereocenters. The lowest BCUT2D eigenvalue weighted by atomic mass is 10.1. The zero-order chi connectivity index (χ0) is 15.0. The number of aliphatic carboxylic acids is 1. The number of carbonyl (C=O) groups is 3. The molecular weight excluding hydrogens is 262 g/mol. The summed E-state index contributed by atoms with van der Waals surface area (Å²) in [7, 11) is 0. The van der Waals surface area contributed by atoms with Gasteiger partial charge in [0.15, 0.2) is 0 Å². The number of nitrogens with one attached hydrogen (secondary N) is 1. The van der Waals surface area contributed by atoms with Crippen LogP contribution in [0.5, 0.6) is 0 Å². The lowest BCUT2D eigenvalue weighted by Crippen LogP contribution is -2.44. The number of hydrogen-bond donors (Lipinski definition) is 2. The number of carboxylic acid groups (broad SMARTS) is 1. The highest BCUT2D eigenvalue weighted by molar-refractivity contribution is 5.81. The highest BCUT2D eigenvalue weighted by atomic mass is 16.4. The molecule has 20 heavy (non-hydrogen) atoms. The number of urea groups is 1. The largest absolute Gasteiger partial charge is 0.480 e. The van der Waals surface area contributed by atoms with Gasteiger partial charge in [-0.1, -0.05) is 0 Å². The van der Waals surface area contributed by atoms with E-state index < -0.39 is 12.0 Å². The molecule has 3 amide bonds. The van der Waals surface area contributed by atoms with E-state index in [1.165, 1.54) is 11.3 Å². The Balaban J connectivity index is 2.26. The normalized spacial score (nSPS) is 14.8. The van der Waals surface area contributed by atoms with Crippen molar-refractivity contribution < 1.29 is 19.5 Å². The molecule has 7 nitrogen and oxygen atoms in total. The summed E-state index contributed by atoms with van der Waals surface area (Å²) in [6.45, 7) is 3.53. The molecule has 0 aromatic carbocycles. The van der Waals surface area contributed by atoms with Gasteiger partial charge < -0.3 is 20.2 Å². The lowest BCUT2D eigenvalue weighted by molar-refractivity contribution is -0.137. The fourth-order valence-electron chi connectivity index (χ4n) is 2.18. The summed E-state index contributed by atoms with van der Waals surface area (Å²) in [4.78, 5) is 37.1. The number of likely N-dealkylation sites (N-methyl/N-ethyl adjacent to an activating group) is 1. The third-order valence-electron chi connectivity index (χ3n) is 3.32. The van der Waals surface area contributed by atoms with Crippen molar-refractivity contribution in [1.29, 1.82) is 0 Å². The minimum absolute atomic E-state index is 0.0475. The van der Waals surface area contributed by atoms with Crippen LogP contribution in [0, 0.1) is 0 Å². The first-order chi connectivity index (χ1) is 9.54. The Labute approximate surface area is 118 Å². The summed E-state index contributed by atoms with van der Waals surface area (Å²) in [5.41, 5.74) is 0. The van der Waals surface area contributed by atoms with Crippen LogP contribution in [0.3, 0.4) is 0 Å². The minimum Gasteiger partial charge on any atom is -0.480 e. The summed E-state index contributed by atoms with van der Waals surface area (Å²) in [6.07, 6.45) is 3.51. The molecule has 0 spiro atoms. The molecule has 1 rings (SSSR count). The van der Waals surface area contributed by atoms with Crippen molar-refractivity contribution in [3.63, 3.8) is 0 Å². The Morgan fingerprint density at radius 1 is 1.20 bits per heavy atom. The van der Waals surface area contributed by atoms with Gasteiger partial charge in [-0.15, -0.1) is 0 Å². The number of rotatable bonds is 6. The quantitative estimate of drug-likeness (QED) is 0.744. The van der Waals surface area contributed by atoms with Crippen molar-refractivity contribution in [1.82, 2.24) is 15.1 Å². The number of amides is 3. The monoisotopic (exact) mass is 285 g/mol. The topological polar surface area (TPSA) is 90.0 Å². The Morgan fingerprint density at radius 2 is 1.85 bits per heavy atom. The molecule has 1 aliphatic heterocycles. The van der Waals surface area contributed by atoms with E-state index in [0.29, 0.717) is 6.54 Å². The van der Waals surface area contributed by atoms with E-state index in [1.807, 2.05) is 4.90 Å². The van der Waals surface area contributed by atoms with Crippen molar-refractivity contribution in [3.05, 3.63) is 0 Å². The number of hydrogen-bond acceptors (Lipinski definition) is 3. The highest BCUT2D eigenvalue weighted by Crippen LogP contribution is 2.09. The average molecular weight is 285 g/mol. The van der Waals surface area contributed by atoms with Crippen LogP contribution in [-0.4, -0.2) is 65.5 Å². The SMILES string of the molecule is CCN(CC(=O)O)C(=O)NCCC(=O)N1CCCCC1. The fraction of sp³-hybridized carbons (Fsp3) is 0.769. The third kappa shape index (κ3) is 5.46. The molecule has 0 aliphatic carbocycles. The smallest absolute Gasteiger partial charge is 0.323 e. The van der Waals surface area contributed by atoms with E-state index in [1.54, 1.807) is 6.92 Å². The first kappa shape index (κ1) is 16.3. The van der Waals surface area contributed by atoms with Crippen LogP contribution in [-0.2, 0) is 9.59 Å². The molecule has 0 unspecified atom stereocenters. The number of carbonyl (C=O) groups excluding carboxylic acids is 2. The molecule has 1 fully saturated rings. The second kappa shape index (κ2) is 8.39. The fourth-order valence-corrected chi connectivity index (χ4v) is 2.18. The average Bonchev–Trinajstić information content (AvgIpc) is 2.45. The Hall–Kier alpha value is -1.79. The molecule has 0 bridgehead atoms. The number of nitrogens with zero attached hydrogens (tertiary/aromatic N) is 2. The molecule has 1 saturated heterocycles. The molecule has 0 aromatic rings. The highest BCUT2D eigenvalue weighted by Gasteiger charge is 2.18. The van der Waals surface area contributed by atoms with Gasteiger partial charge in [-0.25, -0.2) is 4.79 Å². The molecule has 0 aromatic heterocycles. The number of carboxylic acids is 1. The van der Waals surface area contributed by atoms with Gasteiger partial charge in [-0.2, -0.15) is 0 Å². The minimum atomic E-state index is -1.05. The van der Waals surface area contributed by atoms with Crippen molar-refractivity contribution >= 4 is 17.9 Å². The van der Waals surface area contributed by atoms with E-state index >= 15 is 0 Å². The summed E-state index contributed by atoms with van der Waals surface area (Å²) in [5, 5.41) is 11.3. The van der Waals surface area contributed by atoms with E-state index in [9.17, 15) is 14.4 Å². The predicted octanol–water partition coefficient (Wildman–Crippen LogP) is 0.505. The van der Waals surface area contributed by atoms with Gasteiger partial charge >= 0.3 is 12.0 Å². The van der Waals surface area contributed by atoms with Crippen LogP contribution in [0.25, 0.3) is 0 Å². The van der Waals surface area contributed by atoms with Crippen LogP contribution >= 0.6 is 0 Å². The van der Waals surface area contributed by atoms with Crippen LogP contribution in [0.15, 0.2) is 0 Å². The van der Waals surface area contributed by atoms with E-state index in [4.69, 9.17) is 5.11 Å². The van der Waals surface area contributed by atoms with Crippen molar-refractivity contribution in [2.24, 2.45) is 0 Å². The molecule has 0 saturated carbocycles. The Morgan fingerprint density at radius 3 is 2.40 bits per heavy atom. The molecule has 1 aliphatic rings. The standard InChI is InChI=1S/C13H23N3O4/c1-2-15(10-12(18)19)13(20)14-7-6-11(17)16-8-4-3-5-9-16/h2-10H2,1H3,(H,14,20)(H,18,19). The Kier molecular flexibility index (Phi) is 6.83. The van der Waals surface area contributed by atoms with E-state index in [2.05, 4.69) is 5.32 Å². The van der Waals surface area contributed by atoms with Gasteiger partial charge in [0.05, 0.1) is 0 Å². The van der Waals surface area contributed by atoms with Gasteiger partial charge in [0, 0.05) is 32.6 Å². The zero-order valence-corrected chi connectivity index (χ0v) is 11.9. The maximum absolute atomic E-state index is 11.9. The van der Waals surface area contributed by atoms with Crippen LogP contribution in [0.4, 0.5) is 4.79 Å². The van der Waals surface area contributed by atoms with Gasteiger partial charge in [0.2, 0.25) is 5.91 Å². The molecule has 114 valence electrons. The third-order valence-corrected chi connectivity index (χ3v) is 3.32. The van der Waals surface area contributed by atoms with Crippen molar-refractivity contribution in [2.75, 3.05) is 32.7 Å². The Bertz CT molecular complexity index is 354. The first-order valence-corrected chi connectivity index (χ1v) is 7.07. The lowest BCUT2D eigenvalue weighted by Gasteiger charge is -2.27. The van der Waals surface area contributed by atoms with E-state index in [-0.39, 0.29) is 25.4 Å². The molecule has 1 heterocycles. The van der Waals surface area contributed by atoms with E-state index in [0.717, 1.165) is 25.9 Å². The summed E-state index contributed by atoms with van der Waals surface area (Å²) in [6, 6.07) is -0.443. The number of piperidine rings is 1. The van der Waals surface area contributed by atoms with Gasteiger partial charge in [0.25, 0.3) is 0 Å². The summed E-state index contributed by atoms with van der Waals surface area (Å²) >= 11 is 0. The molecular formula is C13H23N3O4. The second-order valence-electron chi connectivity index (χ2n) is 4.83. The molecule has 0 radical (unpaired) electrons. The maximum Gasteiger partial charge on any atom is 0.323 e. The van der Waals surface area contributed by atoms with Crippen LogP contribution in [0.1, 0.15) is 32.6 Å². The first-order valence-electron chi connectivity index (χ1n) is 7.07. The van der Waals surface area contributed by atoms with Crippen LogP contribution in [0.2, 0.25) is 0 Å². The van der Waals surface area contributed by atoms with Crippen molar-refractivity contribution in [3.8, 4) is 0 Å². The van der Waals surface area contributed by atoms with Crippen LogP contribution < -0.4 is 5.32 Å². The summed E-state index contributed by atoms with van der Waals surface area (Å²) in [5.74, 6) is -1.00. The van der Waals surface area contributed by atoms with Gasteiger partial charge in [0.1, 0.15) is 6.54 Å². The zero-order valence-electron chi connectivity index (χ0n) is 11.9.